The summed E-state index contributed by atoms with van der Waals surface area (Å²) < 4.78 is 37.0. The molecule has 0 bridgehead atoms. The van der Waals surface area contributed by atoms with Crippen molar-refractivity contribution in [1.29, 1.82) is 0 Å². The summed E-state index contributed by atoms with van der Waals surface area (Å²) in [5.74, 6) is -0.836. The standard InChI is InChI=1S/C11H21F3N2O/c1-7(2)5-16(6-11(12,13)14)10(17)9(15)8(3)4/h7-9H,5-6,15H2,1-4H3. The lowest BCUT2D eigenvalue weighted by Gasteiger charge is -2.29. The third kappa shape index (κ3) is 6.51. The van der Waals surface area contributed by atoms with Crippen LogP contribution in [0.25, 0.3) is 0 Å². The van der Waals surface area contributed by atoms with Gasteiger partial charge in [0.2, 0.25) is 5.91 Å². The van der Waals surface area contributed by atoms with Crippen molar-refractivity contribution in [3.63, 3.8) is 0 Å². The van der Waals surface area contributed by atoms with Crippen molar-refractivity contribution in [2.75, 3.05) is 13.1 Å². The van der Waals surface area contributed by atoms with Crippen LogP contribution >= 0.6 is 0 Å². The second-order valence-corrected chi connectivity index (χ2v) is 5.00. The lowest BCUT2D eigenvalue weighted by Crippen LogP contribution is -2.50. The van der Waals surface area contributed by atoms with Crippen LogP contribution in [0.3, 0.4) is 0 Å². The molecule has 2 N–H and O–H groups in total. The van der Waals surface area contributed by atoms with Gasteiger partial charge < -0.3 is 10.6 Å². The van der Waals surface area contributed by atoms with Gasteiger partial charge in [-0.15, -0.1) is 0 Å². The molecule has 1 unspecified atom stereocenters. The quantitative estimate of drug-likeness (QED) is 0.815. The Kier molecular flexibility index (Phi) is 5.95. The van der Waals surface area contributed by atoms with E-state index in [0.29, 0.717) is 0 Å². The summed E-state index contributed by atoms with van der Waals surface area (Å²) in [6, 6.07) is -0.879. The van der Waals surface area contributed by atoms with Gasteiger partial charge in [-0.2, -0.15) is 13.2 Å². The summed E-state index contributed by atoms with van der Waals surface area (Å²) in [7, 11) is 0. The lowest BCUT2D eigenvalue weighted by atomic mass is 10.0. The van der Waals surface area contributed by atoms with E-state index in [1.54, 1.807) is 27.7 Å². The van der Waals surface area contributed by atoms with E-state index in [2.05, 4.69) is 0 Å². The van der Waals surface area contributed by atoms with Gasteiger partial charge in [-0.05, 0) is 11.8 Å². The molecule has 6 heteroatoms. The first kappa shape index (κ1) is 16.2. The number of hydrogen-bond donors (Lipinski definition) is 1. The Morgan fingerprint density at radius 1 is 1.24 bits per heavy atom. The fraction of sp³-hybridized carbons (Fsp3) is 0.909. The zero-order valence-electron chi connectivity index (χ0n) is 10.7. The monoisotopic (exact) mass is 254 g/mol. The molecule has 0 saturated heterocycles. The molecule has 0 aliphatic heterocycles. The first-order chi connectivity index (χ1) is 7.54. The fourth-order valence-corrected chi connectivity index (χ4v) is 1.39. The summed E-state index contributed by atoms with van der Waals surface area (Å²) in [5.41, 5.74) is 5.60. The molecule has 0 heterocycles. The highest BCUT2D eigenvalue weighted by Crippen LogP contribution is 2.18. The van der Waals surface area contributed by atoms with E-state index in [1.807, 2.05) is 0 Å². The molecule has 0 aromatic rings. The van der Waals surface area contributed by atoms with E-state index >= 15 is 0 Å². The molecule has 0 fully saturated rings. The molecule has 1 amide bonds. The molecule has 102 valence electrons. The zero-order valence-corrected chi connectivity index (χ0v) is 10.7. The molecule has 0 aliphatic rings. The molecule has 1 atom stereocenters. The summed E-state index contributed by atoms with van der Waals surface area (Å²) in [6.07, 6.45) is -4.39. The molecule has 0 aliphatic carbocycles. The Balaban J connectivity index is 4.74. The largest absolute Gasteiger partial charge is 0.406 e. The Labute approximate surface area is 100 Å². The van der Waals surface area contributed by atoms with Crippen LogP contribution in [-0.4, -0.2) is 36.1 Å². The highest BCUT2D eigenvalue weighted by Gasteiger charge is 2.35. The lowest BCUT2D eigenvalue weighted by molar-refractivity contribution is -0.163. The van der Waals surface area contributed by atoms with Crippen molar-refractivity contribution in [2.24, 2.45) is 17.6 Å². The van der Waals surface area contributed by atoms with Gasteiger partial charge in [-0.25, -0.2) is 0 Å². The van der Waals surface area contributed by atoms with Crippen LogP contribution in [0.2, 0.25) is 0 Å². The Morgan fingerprint density at radius 3 is 2.00 bits per heavy atom. The van der Waals surface area contributed by atoms with Crippen molar-refractivity contribution >= 4 is 5.91 Å². The van der Waals surface area contributed by atoms with Gasteiger partial charge in [-0.1, -0.05) is 27.7 Å². The number of nitrogens with zero attached hydrogens (tertiary/aromatic N) is 1. The normalized spacial score (nSPS) is 14.2. The third-order valence-electron chi connectivity index (χ3n) is 2.27. The van der Waals surface area contributed by atoms with E-state index in [1.165, 1.54) is 0 Å². The van der Waals surface area contributed by atoms with Gasteiger partial charge in [-0.3, -0.25) is 4.79 Å². The van der Waals surface area contributed by atoms with E-state index in [-0.39, 0.29) is 18.4 Å². The Hall–Kier alpha value is -0.780. The maximum atomic E-state index is 12.3. The van der Waals surface area contributed by atoms with Crippen molar-refractivity contribution in [3.05, 3.63) is 0 Å². The molecule has 0 radical (unpaired) electrons. The summed E-state index contributed by atoms with van der Waals surface area (Å²) in [5, 5.41) is 0. The van der Waals surface area contributed by atoms with Crippen molar-refractivity contribution in [1.82, 2.24) is 4.90 Å². The van der Waals surface area contributed by atoms with Crippen molar-refractivity contribution < 1.29 is 18.0 Å². The molecule has 17 heavy (non-hydrogen) atoms. The average molecular weight is 254 g/mol. The summed E-state index contributed by atoms with van der Waals surface area (Å²) in [4.78, 5) is 12.6. The van der Waals surface area contributed by atoms with E-state index < -0.39 is 24.7 Å². The zero-order chi connectivity index (χ0) is 13.8. The Morgan fingerprint density at radius 2 is 1.71 bits per heavy atom. The first-order valence-corrected chi connectivity index (χ1v) is 5.65. The number of halogens is 3. The van der Waals surface area contributed by atoms with Gasteiger partial charge in [0.15, 0.2) is 0 Å². The SMILES string of the molecule is CC(C)CN(CC(F)(F)F)C(=O)C(N)C(C)C. The predicted molar refractivity (Wildman–Crippen MR) is 60.3 cm³/mol. The minimum Gasteiger partial charge on any atom is -0.332 e. The van der Waals surface area contributed by atoms with E-state index in [0.717, 1.165) is 4.90 Å². The number of hydrogen-bond acceptors (Lipinski definition) is 2. The van der Waals surface area contributed by atoms with Gasteiger partial charge in [0.05, 0.1) is 6.04 Å². The first-order valence-electron chi connectivity index (χ1n) is 5.65. The number of carbonyl (C=O) groups excluding carboxylic acids is 1. The van der Waals surface area contributed by atoms with Crippen LogP contribution < -0.4 is 5.73 Å². The number of carbonyl (C=O) groups is 1. The molecular formula is C11H21F3N2O. The predicted octanol–water partition coefficient (Wildman–Crippen LogP) is 2.02. The highest BCUT2D eigenvalue weighted by atomic mass is 19.4. The maximum absolute atomic E-state index is 12.3. The van der Waals surface area contributed by atoms with Gasteiger partial charge in [0, 0.05) is 6.54 Å². The van der Waals surface area contributed by atoms with Gasteiger partial charge >= 0.3 is 6.18 Å². The van der Waals surface area contributed by atoms with Crippen molar-refractivity contribution in [3.8, 4) is 0 Å². The van der Waals surface area contributed by atoms with Crippen LogP contribution in [0.4, 0.5) is 13.2 Å². The van der Waals surface area contributed by atoms with Crippen LogP contribution in [0.1, 0.15) is 27.7 Å². The Bertz CT molecular complexity index is 252. The second kappa shape index (κ2) is 6.23. The highest BCUT2D eigenvalue weighted by molar-refractivity contribution is 5.82. The third-order valence-corrected chi connectivity index (χ3v) is 2.27. The van der Waals surface area contributed by atoms with Crippen LogP contribution in [0.15, 0.2) is 0 Å². The van der Waals surface area contributed by atoms with E-state index in [9.17, 15) is 18.0 Å². The molecule has 0 rings (SSSR count). The van der Waals surface area contributed by atoms with Gasteiger partial charge in [0.1, 0.15) is 6.54 Å². The van der Waals surface area contributed by atoms with Crippen LogP contribution in [0.5, 0.6) is 0 Å². The smallest absolute Gasteiger partial charge is 0.332 e. The minimum absolute atomic E-state index is 0.0272. The van der Waals surface area contributed by atoms with Crippen LogP contribution in [-0.2, 0) is 4.79 Å². The molecule has 3 nitrogen and oxygen atoms in total. The number of rotatable bonds is 5. The summed E-state index contributed by atoms with van der Waals surface area (Å²) >= 11 is 0. The molecule has 0 spiro atoms. The fourth-order valence-electron chi connectivity index (χ4n) is 1.39. The van der Waals surface area contributed by atoms with Crippen LogP contribution in [0, 0.1) is 11.8 Å². The minimum atomic E-state index is -4.39. The van der Waals surface area contributed by atoms with Gasteiger partial charge in [0.25, 0.3) is 0 Å². The molecule has 0 aromatic heterocycles. The van der Waals surface area contributed by atoms with Crippen molar-refractivity contribution in [2.45, 2.75) is 39.9 Å². The molecular weight excluding hydrogens is 233 g/mol. The maximum Gasteiger partial charge on any atom is 0.406 e. The van der Waals surface area contributed by atoms with E-state index in [4.69, 9.17) is 5.73 Å². The number of nitrogens with two attached hydrogens (primary N) is 1. The molecule has 0 aromatic carbocycles. The topological polar surface area (TPSA) is 46.3 Å². The number of amides is 1. The second-order valence-electron chi connectivity index (χ2n) is 5.00. The number of alkyl halides is 3. The summed E-state index contributed by atoms with van der Waals surface area (Å²) in [6.45, 7) is 5.78. The molecule has 0 saturated carbocycles. The average Bonchev–Trinajstić information content (AvgIpc) is 2.11.